The highest BCUT2D eigenvalue weighted by atomic mass is 16.1. The highest BCUT2D eigenvalue weighted by molar-refractivity contribution is 5.92. The average molecular weight is 327 g/mol. The van der Waals surface area contributed by atoms with Crippen LogP contribution in [-0.4, -0.2) is 40.1 Å². The second-order valence-corrected chi connectivity index (χ2v) is 6.61. The molecule has 1 fully saturated rings. The fourth-order valence-corrected chi connectivity index (χ4v) is 3.23. The third kappa shape index (κ3) is 3.75. The summed E-state index contributed by atoms with van der Waals surface area (Å²) in [4.78, 5) is 23.3. The average Bonchev–Trinajstić information content (AvgIpc) is 3.11. The Balaban J connectivity index is 1.56. The smallest absolute Gasteiger partial charge is 0.267 e. The molecule has 0 radical (unpaired) electrons. The highest BCUT2D eigenvalue weighted by Crippen LogP contribution is 2.19. The third-order valence-electron chi connectivity index (χ3n) is 4.47. The molecule has 0 bridgehead atoms. The van der Waals surface area contributed by atoms with E-state index < -0.39 is 0 Å². The number of amides is 1. The van der Waals surface area contributed by atoms with Crippen LogP contribution >= 0.6 is 0 Å². The molecule has 24 heavy (non-hydrogen) atoms. The van der Waals surface area contributed by atoms with Crippen molar-refractivity contribution in [3.8, 4) is 0 Å². The van der Waals surface area contributed by atoms with Crippen molar-refractivity contribution in [3.05, 3.63) is 42.5 Å². The van der Waals surface area contributed by atoms with Crippen molar-refractivity contribution in [1.29, 1.82) is 0 Å². The molecular weight excluding hydrogens is 302 g/mol. The first-order valence-electron chi connectivity index (χ1n) is 8.62. The molecule has 3 rings (SSSR count). The van der Waals surface area contributed by atoms with Gasteiger partial charge in [0.25, 0.3) is 5.91 Å². The predicted molar refractivity (Wildman–Crippen MR) is 94.1 cm³/mol. The number of hydrogen-bond donors (Lipinski definition) is 1. The van der Waals surface area contributed by atoms with Gasteiger partial charge in [-0.15, -0.1) is 0 Å². The van der Waals surface area contributed by atoms with Gasteiger partial charge in [0.2, 0.25) is 5.95 Å². The van der Waals surface area contributed by atoms with Crippen molar-refractivity contribution < 1.29 is 4.79 Å². The number of piperidine rings is 1. The Bertz CT molecular complexity index is 667. The first kappa shape index (κ1) is 16.5. The first-order valence-corrected chi connectivity index (χ1v) is 8.62. The summed E-state index contributed by atoms with van der Waals surface area (Å²) < 4.78 is 2.00. The topological polar surface area (TPSA) is 63.1 Å². The maximum atomic E-state index is 12.5. The van der Waals surface area contributed by atoms with E-state index in [9.17, 15) is 4.79 Å². The summed E-state index contributed by atoms with van der Waals surface area (Å²) in [5.41, 5.74) is 0.726. The summed E-state index contributed by atoms with van der Waals surface area (Å²) in [5.74, 6) is 1.21. The molecule has 1 aliphatic rings. The normalized spacial score (nSPS) is 18.0. The van der Waals surface area contributed by atoms with E-state index in [1.54, 1.807) is 12.4 Å². The zero-order chi connectivity index (χ0) is 16.9. The molecule has 1 aliphatic heterocycles. The van der Waals surface area contributed by atoms with Gasteiger partial charge >= 0.3 is 0 Å². The zero-order valence-electron chi connectivity index (χ0n) is 14.4. The fraction of sp³-hybridized carbons (Fsp3) is 0.500. The maximum absolute atomic E-state index is 12.5. The van der Waals surface area contributed by atoms with Crippen molar-refractivity contribution in [2.75, 3.05) is 24.5 Å². The van der Waals surface area contributed by atoms with E-state index in [1.807, 2.05) is 29.0 Å². The summed E-state index contributed by atoms with van der Waals surface area (Å²) in [6, 6.07) is 5.90. The van der Waals surface area contributed by atoms with E-state index in [2.05, 4.69) is 34.0 Å². The predicted octanol–water partition coefficient (Wildman–Crippen LogP) is 2.51. The minimum atomic E-state index is 0.00165. The Hall–Kier alpha value is -2.37. The summed E-state index contributed by atoms with van der Waals surface area (Å²) in [7, 11) is 0. The Kier molecular flexibility index (Phi) is 5.13. The van der Waals surface area contributed by atoms with Gasteiger partial charge in [-0.25, -0.2) is 9.97 Å². The number of nitrogens with one attached hydrogen (secondary N) is 1. The summed E-state index contributed by atoms with van der Waals surface area (Å²) in [6.07, 6.45) is 7.71. The lowest BCUT2D eigenvalue weighted by Crippen LogP contribution is -2.42. The van der Waals surface area contributed by atoms with Crippen LogP contribution in [0.2, 0.25) is 0 Å². The van der Waals surface area contributed by atoms with Crippen LogP contribution in [0.4, 0.5) is 5.95 Å². The molecule has 2 aromatic rings. The molecule has 128 valence electrons. The number of carbonyl (C=O) groups excluding carboxylic acids is 1. The Morgan fingerprint density at radius 2 is 2.12 bits per heavy atom. The quantitative estimate of drug-likeness (QED) is 0.916. The van der Waals surface area contributed by atoms with Crippen LogP contribution in [0.3, 0.4) is 0 Å². The second kappa shape index (κ2) is 7.47. The van der Waals surface area contributed by atoms with Gasteiger partial charge in [0.15, 0.2) is 0 Å². The molecule has 3 heterocycles. The number of anilines is 1. The van der Waals surface area contributed by atoms with Gasteiger partial charge in [-0.2, -0.15) is 0 Å². The molecular formula is C18H25N5O. The van der Waals surface area contributed by atoms with Crippen LogP contribution in [0.1, 0.15) is 43.2 Å². The van der Waals surface area contributed by atoms with E-state index in [-0.39, 0.29) is 11.9 Å². The number of hydrogen-bond acceptors (Lipinski definition) is 4. The number of aromatic nitrogens is 3. The van der Waals surface area contributed by atoms with Crippen molar-refractivity contribution >= 4 is 11.9 Å². The Morgan fingerprint density at radius 3 is 2.88 bits per heavy atom. The SMILES string of the molecule is CC(C)n1cccc1C(=O)NCC1CCCN(c2ncccn2)C1. The van der Waals surface area contributed by atoms with Crippen LogP contribution in [0, 0.1) is 5.92 Å². The van der Waals surface area contributed by atoms with Gasteiger partial charge in [0.05, 0.1) is 0 Å². The van der Waals surface area contributed by atoms with Crippen LogP contribution < -0.4 is 10.2 Å². The van der Waals surface area contributed by atoms with Crippen molar-refractivity contribution in [1.82, 2.24) is 19.9 Å². The highest BCUT2D eigenvalue weighted by Gasteiger charge is 2.22. The fourth-order valence-electron chi connectivity index (χ4n) is 3.23. The molecule has 1 N–H and O–H groups in total. The van der Waals surface area contributed by atoms with Crippen LogP contribution in [-0.2, 0) is 0 Å². The van der Waals surface area contributed by atoms with Gasteiger partial charge in [-0.05, 0) is 50.8 Å². The van der Waals surface area contributed by atoms with Crippen molar-refractivity contribution in [2.24, 2.45) is 5.92 Å². The second-order valence-electron chi connectivity index (χ2n) is 6.61. The molecule has 6 heteroatoms. The van der Waals surface area contributed by atoms with Crippen LogP contribution in [0.5, 0.6) is 0 Å². The standard InChI is InChI=1S/C18H25N5O/c1-14(2)23-11-4-7-16(23)17(24)21-12-15-6-3-10-22(13-15)18-19-8-5-9-20-18/h4-5,7-9,11,14-15H,3,6,10,12-13H2,1-2H3,(H,21,24). The maximum Gasteiger partial charge on any atom is 0.267 e. The minimum Gasteiger partial charge on any atom is -0.350 e. The first-order chi connectivity index (χ1) is 11.6. The van der Waals surface area contributed by atoms with Gasteiger partial charge in [0.1, 0.15) is 5.69 Å². The Morgan fingerprint density at radius 1 is 1.33 bits per heavy atom. The molecule has 0 aliphatic carbocycles. The van der Waals surface area contributed by atoms with Crippen LogP contribution in [0.15, 0.2) is 36.8 Å². The van der Waals surface area contributed by atoms with E-state index in [0.717, 1.165) is 37.6 Å². The summed E-state index contributed by atoms with van der Waals surface area (Å²) >= 11 is 0. The third-order valence-corrected chi connectivity index (χ3v) is 4.47. The van der Waals surface area contributed by atoms with Gasteiger partial charge < -0.3 is 14.8 Å². The van der Waals surface area contributed by atoms with Gasteiger partial charge in [0, 0.05) is 44.3 Å². The molecule has 0 saturated carbocycles. The zero-order valence-corrected chi connectivity index (χ0v) is 14.4. The molecule has 1 atom stereocenters. The molecule has 6 nitrogen and oxygen atoms in total. The molecule has 1 unspecified atom stereocenters. The largest absolute Gasteiger partial charge is 0.350 e. The number of rotatable bonds is 5. The lowest BCUT2D eigenvalue weighted by atomic mass is 9.98. The van der Waals surface area contributed by atoms with Crippen molar-refractivity contribution in [3.63, 3.8) is 0 Å². The molecule has 1 saturated heterocycles. The van der Waals surface area contributed by atoms with Gasteiger partial charge in [-0.3, -0.25) is 4.79 Å². The molecule has 0 aromatic carbocycles. The summed E-state index contributed by atoms with van der Waals surface area (Å²) in [6.45, 7) is 6.71. The molecule has 2 aromatic heterocycles. The number of nitrogens with zero attached hydrogens (tertiary/aromatic N) is 4. The lowest BCUT2D eigenvalue weighted by Gasteiger charge is -2.32. The van der Waals surface area contributed by atoms with E-state index in [4.69, 9.17) is 0 Å². The van der Waals surface area contributed by atoms with Crippen molar-refractivity contribution in [2.45, 2.75) is 32.7 Å². The lowest BCUT2D eigenvalue weighted by molar-refractivity contribution is 0.0935. The molecule has 0 spiro atoms. The minimum absolute atomic E-state index is 0.00165. The van der Waals surface area contributed by atoms with E-state index in [0.29, 0.717) is 12.5 Å². The van der Waals surface area contributed by atoms with E-state index in [1.165, 1.54) is 0 Å². The molecule has 1 amide bonds. The van der Waals surface area contributed by atoms with Crippen LogP contribution in [0.25, 0.3) is 0 Å². The number of carbonyl (C=O) groups is 1. The van der Waals surface area contributed by atoms with E-state index >= 15 is 0 Å². The van der Waals surface area contributed by atoms with Gasteiger partial charge in [-0.1, -0.05) is 0 Å². The Labute approximate surface area is 142 Å². The summed E-state index contributed by atoms with van der Waals surface area (Å²) in [5, 5.41) is 3.09. The monoisotopic (exact) mass is 327 g/mol.